The summed E-state index contributed by atoms with van der Waals surface area (Å²) in [4.78, 5) is 2.59. The quantitative estimate of drug-likeness (QED) is 0.874. The number of aromatic nitrogens is 2. The summed E-state index contributed by atoms with van der Waals surface area (Å²) in [6, 6.07) is 0.718. The summed E-state index contributed by atoms with van der Waals surface area (Å²) in [7, 11) is 2.08. The highest BCUT2D eigenvalue weighted by Gasteiger charge is 2.33. The van der Waals surface area contributed by atoms with Crippen LogP contribution in [0.5, 0.6) is 0 Å². The summed E-state index contributed by atoms with van der Waals surface area (Å²) >= 11 is 0. The van der Waals surface area contributed by atoms with Gasteiger partial charge in [-0.1, -0.05) is 13.8 Å². The third kappa shape index (κ3) is 4.22. The van der Waals surface area contributed by atoms with Crippen LogP contribution >= 0.6 is 0 Å². The average molecular weight is 292 g/mol. The van der Waals surface area contributed by atoms with Crippen molar-refractivity contribution >= 4 is 5.82 Å². The lowest BCUT2D eigenvalue weighted by molar-refractivity contribution is 0.423. The topological polar surface area (TPSA) is 33.1 Å². The van der Waals surface area contributed by atoms with E-state index >= 15 is 0 Å². The molecule has 1 aromatic heterocycles. The predicted molar refractivity (Wildman–Crippen MR) is 89.7 cm³/mol. The molecule has 0 aromatic carbocycles. The molecule has 1 heterocycles. The van der Waals surface area contributed by atoms with Gasteiger partial charge in [-0.3, -0.25) is 4.68 Å². The zero-order valence-electron chi connectivity index (χ0n) is 14.8. The molecular weight excluding hydrogens is 260 g/mol. The summed E-state index contributed by atoms with van der Waals surface area (Å²) in [5.74, 6) is 1.99. The van der Waals surface area contributed by atoms with Crippen molar-refractivity contribution < 1.29 is 0 Å². The van der Waals surface area contributed by atoms with Gasteiger partial charge in [0.25, 0.3) is 0 Å². The molecule has 1 fully saturated rings. The minimum absolute atomic E-state index is 0.127. The molecule has 4 heteroatoms. The van der Waals surface area contributed by atoms with Crippen LogP contribution in [-0.2, 0) is 13.6 Å². The Bertz CT molecular complexity index is 478. The molecule has 4 nitrogen and oxygen atoms in total. The molecular formula is C17H32N4. The minimum Gasteiger partial charge on any atom is -0.353 e. The fourth-order valence-corrected chi connectivity index (χ4v) is 2.80. The van der Waals surface area contributed by atoms with Crippen LogP contribution in [0.3, 0.4) is 0 Å². The number of hydrogen-bond acceptors (Lipinski definition) is 3. The van der Waals surface area contributed by atoms with Gasteiger partial charge in [-0.25, -0.2) is 0 Å². The Hall–Kier alpha value is -1.03. The third-order valence-corrected chi connectivity index (χ3v) is 3.93. The largest absolute Gasteiger partial charge is 0.353 e. The first kappa shape index (κ1) is 16.3. The second-order valence-electron chi connectivity index (χ2n) is 7.89. The molecule has 0 saturated heterocycles. The smallest absolute Gasteiger partial charge is 0.131 e. The van der Waals surface area contributed by atoms with Crippen molar-refractivity contribution in [2.45, 2.75) is 72.5 Å². The SMILES string of the molecule is Cc1nn(C)c(N(CC(C)C)C2CC2)c1CNC(C)(C)C. The average Bonchev–Trinajstić information content (AvgIpc) is 3.10. The molecule has 1 saturated carbocycles. The second kappa shape index (κ2) is 5.99. The third-order valence-electron chi connectivity index (χ3n) is 3.93. The first-order valence-electron chi connectivity index (χ1n) is 8.23. The first-order valence-corrected chi connectivity index (χ1v) is 8.23. The zero-order valence-corrected chi connectivity index (χ0v) is 14.8. The van der Waals surface area contributed by atoms with E-state index in [2.05, 4.69) is 68.6 Å². The first-order chi connectivity index (χ1) is 9.69. The second-order valence-corrected chi connectivity index (χ2v) is 7.89. The van der Waals surface area contributed by atoms with E-state index in [0.29, 0.717) is 5.92 Å². The van der Waals surface area contributed by atoms with E-state index in [1.54, 1.807) is 0 Å². The normalized spacial score (nSPS) is 15.8. The maximum absolute atomic E-state index is 4.69. The van der Waals surface area contributed by atoms with Crippen LogP contribution in [0.2, 0.25) is 0 Å². The van der Waals surface area contributed by atoms with Crippen LogP contribution in [0.25, 0.3) is 0 Å². The van der Waals surface area contributed by atoms with Gasteiger partial charge < -0.3 is 10.2 Å². The van der Waals surface area contributed by atoms with Crippen LogP contribution in [-0.4, -0.2) is 27.9 Å². The van der Waals surface area contributed by atoms with Gasteiger partial charge in [-0.05, 0) is 46.5 Å². The van der Waals surface area contributed by atoms with Crippen LogP contribution in [0.15, 0.2) is 0 Å². The number of nitrogens with zero attached hydrogens (tertiary/aromatic N) is 3. The van der Waals surface area contributed by atoms with Gasteiger partial charge >= 0.3 is 0 Å². The van der Waals surface area contributed by atoms with Crippen molar-refractivity contribution in [3.8, 4) is 0 Å². The van der Waals surface area contributed by atoms with Crippen LogP contribution in [0.4, 0.5) is 5.82 Å². The van der Waals surface area contributed by atoms with Gasteiger partial charge in [0, 0.05) is 37.3 Å². The van der Waals surface area contributed by atoms with E-state index in [4.69, 9.17) is 0 Å². The molecule has 1 aromatic rings. The molecule has 120 valence electrons. The lowest BCUT2D eigenvalue weighted by Gasteiger charge is -2.29. The summed E-state index contributed by atoms with van der Waals surface area (Å²) in [5.41, 5.74) is 2.64. The fraction of sp³-hybridized carbons (Fsp3) is 0.824. The Balaban J connectivity index is 2.28. The zero-order chi connectivity index (χ0) is 15.8. The highest BCUT2D eigenvalue weighted by molar-refractivity contribution is 5.52. The summed E-state index contributed by atoms with van der Waals surface area (Å²) in [6.07, 6.45) is 2.65. The number of rotatable bonds is 6. The van der Waals surface area contributed by atoms with Crippen LogP contribution in [0, 0.1) is 12.8 Å². The molecule has 0 radical (unpaired) electrons. The Morgan fingerprint density at radius 3 is 2.43 bits per heavy atom. The fourth-order valence-electron chi connectivity index (χ4n) is 2.80. The van der Waals surface area contributed by atoms with Crippen LogP contribution < -0.4 is 10.2 Å². The van der Waals surface area contributed by atoms with Crippen molar-refractivity contribution in [2.75, 3.05) is 11.4 Å². The number of hydrogen-bond donors (Lipinski definition) is 1. The van der Waals surface area contributed by atoms with Gasteiger partial charge in [0.2, 0.25) is 0 Å². The molecule has 1 aliphatic carbocycles. The molecule has 21 heavy (non-hydrogen) atoms. The number of aryl methyl sites for hydroxylation is 2. The lowest BCUT2D eigenvalue weighted by atomic mass is 10.1. The van der Waals surface area contributed by atoms with Crippen molar-refractivity contribution in [2.24, 2.45) is 13.0 Å². The monoisotopic (exact) mass is 292 g/mol. The van der Waals surface area contributed by atoms with Crippen molar-refractivity contribution in [3.05, 3.63) is 11.3 Å². The maximum Gasteiger partial charge on any atom is 0.131 e. The molecule has 2 rings (SSSR count). The standard InChI is InChI=1S/C17H32N4/c1-12(2)11-21(14-8-9-14)16-15(10-18-17(4,5)6)13(3)19-20(16)7/h12,14,18H,8-11H2,1-7H3. The molecule has 0 aliphatic heterocycles. The summed E-state index contributed by atoms with van der Waals surface area (Å²) < 4.78 is 2.08. The van der Waals surface area contributed by atoms with Crippen molar-refractivity contribution in [1.29, 1.82) is 0 Å². The van der Waals surface area contributed by atoms with Gasteiger partial charge in [-0.15, -0.1) is 0 Å². The Labute approximate surface area is 129 Å². The predicted octanol–water partition coefficient (Wildman–Crippen LogP) is 3.24. The Morgan fingerprint density at radius 1 is 1.33 bits per heavy atom. The molecule has 1 N–H and O–H groups in total. The maximum atomic E-state index is 4.69. The molecule has 0 bridgehead atoms. The summed E-state index contributed by atoms with van der Waals surface area (Å²) in [6.45, 7) is 15.4. The molecule has 0 amide bonds. The van der Waals surface area contributed by atoms with E-state index in [1.165, 1.54) is 24.2 Å². The van der Waals surface area contributed by atoms with Crippen LogP contribution in [0.1, 0.15) is 58.7 Å². The lowest BCUT2D eigenvalue weighted by Crippen LogP contribution is -2.37. The van der Waals surface area contributed by atoms with Gasteiger partial charge in [-0.2, -0.15) is 5.10 Å². The minimum atomic E-state index is 0.127. The van der Waals surface area contributed by atoms with Gasteiger partial charge in [0.05, 0.1) is 5.69 Å². The van der Waals surface area contributed by atoms with Gasteiger partial charge in [0.1, 0.15) is 5.82 Å². The van der Waals surface area contributed by atoms with E-state index < -0.39 is 0 Å². The molecule has 0 atom stereocenters. The van der Waals surface area contributed by atoms with E-state index in [9.17, 15) is 0 Å². The molecule has 1 aliphatic rings. The summed E-state index contributed by atoms with van der Waals surface area (Å²) in [5, 5.41) is 8.31. The number of anilines is 1. The van der Waals surface area contributed by atoms with E-state index in [1.807, 2.05) is 0 Å². The highest BCUT2D eigenvalue weighted by atomic mass is 15.4. The highest BCUT2D eigenvalue weighted by Crippen LogP contribution is 2.35. The van der Waals surface area contributed by atoms with Crippen molar-refractivity contribution in [3.63, 3.8) is 0 Å². The Kier molecular flexibility index (Phi) is 4.66. The Morgan fingerprint density at radius 2 is 1.95 bits per heavy atom. The van der Waals surface area contributed by atoms with Crippen molar-refractivity contribution in [1.82, 2.24) is 15.1 Å². The van der Waals surface area contributed by atoms with E-state index in [0.717, 1.165) is 24.8 Å². The molecule has 0 spiro atoms. The van der Waals surface area contributed by atoms with Gasteiger partial charge in [0.15, 0.2) is 0 Å². The number of nitrogens with one attached hydrogen (secondary N) is 1. The molecule has 0 unspecified atom stereocenters. The van der Waals surface area contributed by atoms with E-state index in [-0.39, 0.29) is 5.54 Å².